The van der Waals surface area contributed by atoms with Crippen molar-refractivity contribution in [3.05, 3.63) is 66.1 Å². The van der Waals surface area contributed by atoms with Gasteiger partial charge in [-0.05, 0) is 29.8 Å². The van der Waals surface area contributed by atoms with Crippen LogP contribution in [-0.2, 0) is 11.3 Å². The fourth-order valence-corrected chi connectivity index (χ4v) is 3.02. The number of nitrogens with one attached hydrogen (secondary N) is 2. The van der Waals surface area contributed by atoms with Gasteiger partial charge in [-0.1, -0.05) is 24.3 Å². The summed E-state index contributed by atoms with van der Waals surface area (Å²) in [6.07, 6.45) is 1.56. The maximum atomic E-state index is 13.0. The second kappa shape index (κ2) is 8.62. The molecule has 2 heterocycles. The molecule has 0 unspecified atom stereocenters. The Kier molecular flexibility index (Phi) is 5.58. The van der Waals surface area contributed by atoms with Crippen LogP contribution in [0.4, 0.5) is 27.5 Å². The van der Waals surface area contributed by atoms with Crippen molar-refractivity contribution in [2.75, 3.05) is 41.8 Å². The lowest BCUT2D eigenvalue weighted by Crippen LogP contribution is -2.36. The number of para-hydroxylation sites is 2. The van der Waals surface area contributed by atoms with Gasteiger partial charge >= 0.3 is 0 Å². The molecule has 0 spiro atoms. The molecule has 4 rings (SSSR count). The molecule has 1 aromatic heterocycles. The van der Waals surface area contributed by atoms with Crippen molar-refractivity contribution in [2.24, 2.45) is 0 Å². The molecule has 7 nitrogen and oxygen atoms in total. The maximum absolute atomic E-state index is 13.0. The van der Waals surface area contributed by atoms with Gasteiger partial charge in [-0.25, -0.2) is 4.39 Å². The number of ether oxygens (including phenoxy) is 1. The van der Waals surface area contributed by atoms with Gasteiger partial charge in [-0.2, -0.15) is 10.1 Å². The van der Waals surface area contributed by atoms with E-state index in [1.165, 1.54) is 12.1 Å². The Hall–Kier alpha value is -3.26. The number of halogens is 1. The van der Waals surface area contributed by atoms with E-state index >= 15 is 0 Å². The number of rotatable bonds is 6. The summed E-state index contributed by atoms with van der Waals surface area (Å²) in [5.41, 5.74) is 2.95. The van der Waals surface area contributed by atoms with Crippen molar-refractivity contribution in [3.8, 4) is 0 Å². The number of anilines is 4. The van der Waals surface area contributed by atoms with E-state index in [0.717, 1.165) is 43.2 Å². The average Bonchev–Trinajstić information content (AvgIpc) is 2.75. The molecule has 0 atom stereocenters. The number of benzene rings is 2. The molecule has 2 aromatic carbocycles. The number of hydrogen-bond donors (Lipinski definition) is 2. The van der Waals surface area contributed by atoms with Crippen LogP contribution in [0.25, 0.3) is 0 Å². The van der Waals surface area contributed by atoms with Crippen LogP contribution < -0.4 is 15.5 Å². The van der Waals surface area contributed by atoms with Crippen LogP contribution in [0, 0.1) is 5.82 Å². The van der Waals surface area contributed by atoms with Crippen LogP contribution in [0.15, 0.2) is 54.7 Å². The van der Waals surface area contributed by atoms with Crippen molar-refractivity contribution < 1.29 is 9.13 Å². The third-order valence-electron chi connectivity index (χ3n) is 4.45. The van der Waals surface area contributed by atoms with Gasteiger partial charge in [0.15, 0.2) is 5.82 Å². The molecule has 0 amide bonds. The molecule has 28 heavy (non-hydrogen) atoms. The van der Waals surface area contributed by atoms with E-state index in [-0.39, 0.29) is 5.82 Å². The molecule has 0 saturated carbocycles. The van der Waals surface area contributed by atoms with Crippen LogP contribution in [0.2, 0.25) is 0 Å². The standard InChI is InChI=1S/C20H21FN6O/c21-16-7-5-15(6-8-16)13-22-19-14-23-26-20(25-19)24-17-3-1-2-4-18(17)27-9-11-28-12-10-27/h1-8,14H,9-13H2,(H2,22,24,25,26). The minimum Gasteiger partial charge on any atom is -0.378 e. The fourth-order valence-electron chi connectivity index (χ4n) is 3.02. The zero-order chi connectivity index (χ0) is 19.2. The van der Waals surface area contributed by atoms with E-state index in [1.807, 2.05) is 18.2 Å². The fraction of sp³-hybridized carbons (Fsp3) is 0.250. The predicted molar refractivity (Wildman–Crippen MR) is 106 cm³/mol. The topological polar surface area (TPSA) is 75.2 Å². The van der Waals surface area contributed by atoms with Crippen molar-refractivity contribution >= 4 is 23.1 Å². The maximum Gasteiger partial charge on any atom is 0.249 e. The van der Waals surface area contributed by atoms with E-state index in [2.05, 4.69) is 36.8 Å². The van der Waals surface area contributed by atoms with Crippen LogP contribution in [0.1, 0.15) is 5.56 Å². The SMILES string of the molecule is Fc1ccc(CNc2cnnc(Nc3ccccc3N3CCOCC3)n2)cc1. The van der Waals surface area contributed by atoms with Crippen molar-refractivity contribution in [2.45, 2.75) is 6.54 Å². The summed E-state index contributed by atoms with van der Waals surface area (Å²) in [5.74, 6) is 0.744. The number of aromatic nitrogens is 3. The van der Waals surface area contributed by atoms with Gasteiger partial charge in [0, 0.05) is 19.6 Å². The highest BCUT2D eigenvalue weighted by Crippen LogP contribution is 2.28. The summed E-state index contributed by atoms with van der Waals surface area (Å²) in [5, 5.41) is 14.5. The smallest absolute Gasteiger partial charge is 0.249 e. The van der Waals surface area contributed by atoms with Gasteiger partial charge in [0.25, 0.3) is 0 Å². The average molecular weight is 380 g/mol. The first-order valence-corrected chi connectivity index (χ1v) is 9.15. The molecule has 2 N–H and O–H groups in total. The molecule has 1 fully saturated rings. The summed E-state index contributed by atoms with van der Waals surface area (Å²) in [4.78, 5) is 6.75. The van der Waals surface area contributed by atoms with Crippen LogP contribution in [0.3, 0.4) is 0 Å². The third-order valence-corrected chi connectivity index (χ3v) is 4.45. The van der Waals surface area contributed by atoms with Gasteiger partial charge < -0.3 is 20.3 Å². The van der Waals surface area contributed by atoms with E-state index < -0.39 is 0 Å². The van der Waals surface area contributed by atoms with Gasteiger partial charge in [-0.3, -0.25) is 0 Å². The predicted octanol–water partition coefficient (Wildman–Crippen LogP) is 3.20. The molecule has 0 radical (unpaired) electrons. The summed E-state index contributed by atoms with van der Waals surface area (Å²) in [6.45, 7) is 3.64. The van der Waals surface area contributed by atoms with Crippen molar-refractivity contribution in [1.29, 1.82) is 0 Å². The molecule has 3 aromatic rings. The van der Waals surface area contributed by atoms with Crippen molar-refractivity contribution in [1.82, 2.24) is 15.2 Å². The van der Waals surface area contributed by atoms with Crippen LogP contribution in [-0.4, -0.2) is 41.5 Å². The minimum atomic E-state index is -0.252. The first-order chi connectivity index (χ1) is 13.8. The summed E-state index contributed by atoms with van der Waals surface area (Å²) in [7, 11) is 0. The first-order valence-electron chi connectivity index (χ1n) is 9.15. The zero-order valence-electron chi connectivity index (χ0n) is 15.3. The number of hydrogen-bond acceptors (Lipinski definition) is 7. The molecular weight excluding hydrogens is 359 g/mol. The second-order valence-electron chi connectivity index (χ2n) is 6.39. The highest BCUT2D eigenvalue weighted by atomic mass is 19.1. The Balaban J connectivity index is 1.45. The summed E-state index contributed by atoms with van der Waals surface area (Å²) < 4.78 is 18.4. The Labute approximate surface area is 162 Å². The molecule has 144 valence electrons. The highest BCUT2D eigenvalue weighted by Gasteiger charge is 2.15. The second-order valence-corrected chi connectivity index (χ2v) is 6.39. The lowest BCUT2D eigenvalue weighted by Gasteiger charge is -2.30. The number of morpholine rings is 1. The van der Waals surface area contributed by atoms with E-state index in [1.54, 1.807) is 18.3 Å². The lowest BCUT2D eigenvalue weighted by atomic mass is 10.2. The van der Waals surface area contributed by atoms with Gasteiger partial charge in [0.05, 0.1) is 30.8 Å². The Morgan fingerprint density at radius 2 is 1.82 bits per heavy atom. The molecular formula is C20H21FN6O. The normalized spacial score (nSPS) is 14.0. The molecule has 0 aliphatic carbocycles. The van der Waals surface area contributed by atoms with E-state index in [9.17, 15) is 4.39 Å². The molecule has 8 heteroatoms. The monoisotopic (exact) mass is 380 g/mol. The lowest BCUT2D eigenvalue weighted by molar-refractivity contribution is 0.123. The number of nitrogens with zero attached hydrogens (tertiary/aromatic N) is 4. The largest absolute Gasteiger partial charge is 0.378 e. The zero-order valence-corrected chi connectivity index (χ0v) is 15.3. The Morgan fingerprint density at radius 3 is 2.64 bits per heavy atom. The van der Waals surface area contributed by atoms with Crippen LogP contribution >= 0.6 is 0 Å². The van der Waals surface area contributed by atoms with Crippen LogP contribution in [0.5, 0.6) is 0 Å². The van der Waals surface area contributed by atoms with Gasteiger partial charge in [0.1, 0.15) is 5.82 Å². The van der Waals surface area contributed by atoms with E-state index in [0.29, 0.717) is 18.3 Å². The Morgan fingerprint density at radius 1 is 1.04 bits per heavy atom. The molecule has 1 aliphatic heterocycles. The molecule has 1 saturated heterocycles. The quantitative estimate of drug-likeness (QED) is 0.680. The summed E-state index contributed by atoms with van der Waals surface area (Å²) >= 11 is 0. The van der Waals surface area contributed by atoms with E-state index in [4.69, 9.17) is 4.74 Å². The minimum absolute atomic E-state index is 0.252. The molecule has 0 bridgehead atoms. The summed E-state index contributed by atoms with van der Waals surface area (Å²) in [6, 6.07) is 14.4. The first kappa shape index (κ1) is 18.1. The Bertz CT molecular complexity index is 915. The highest BCUT2D eigenvalue weighted by molar-refractivity contribution is 5.73. The molecule has 1 aliphatic rings. The third kappa shape index (κ3) is 4.52. The van der Waals surface area contributed by atoms with Crippen molar-refractivity contribution in [3.63, 3.8) is 0 Å². The van der Waals surface area contributed by atoms with Gasteiger partial charge in [0.2, 0.25) is 5.95 Å². The van der Waals surface area contributed by atoms with Gasteiger partial charge in [-0.15, -0.1) is 5.10 Å².